The number of carbonyl (C=O) groups excluding carboxylic acids is 1. The number of hydrogen-bond acceptors (Lipinski definition) is 4. The average molecular weight is 580 g/mol. The number of hydrogen-bond donors (Lipinski definition) is 1. The van der Waals surface area contributed by atoms with Crippen LogP contribution in [0.25, 0.3) is 0 Å². The Morgan fingerprint density at radius 1 is 1.05 bits per heavy atom. The van der Waals surface area contributed by atoms with Crippen molar-refractivity contribution in [2.24, 2.45) is 5.92 Å². The van der Waals surface area contributed by atoms with E-state index in [9.17, 15) is 4.79 Å². The Kier molecular flexibility index (Phi) is 9.95. The lowest BCUT2D eigenvalue weighted by Crippen LogP contribution is -2.40. The van der Waals surface area contributed by atoms with E-state index in [2.05, 4.69) is 84.2 Å². The molecule has 0 spiro atoms. The molecule has 1 fully saturated rings. The molecule has 4 rings (SSSR count). The van der Waals surface area contributed by atoms with Crippen LogP contribution >= 0.6 is 0 Å². The smallest absolute Gasteiger partial charge is 0.231 e. The Hall–Kier alpha value is -2.31. The SMILES string of the molecule is CC(C)(C)c1ccc(CO[Si](C)(C)C(C)(C)C)cc1NC(=O)CC(CCCC1CCCC1)c1cccc2c1OCO2. The van der Waals surface area contributed by atoms with E-state index in [1.807, 2.05) is 12.1 Å². The minimum Gasteiger partial charge on any atom is -0.454 e. The number of benzene rings is 2. The second kappa shape index (κ2) is 12.9. The molecule has 1 aliphatic heterocycles. The minimum atomic E-state index is -1.89. The highest BCUT2D eigenvalue weighted by atomic mass is 28.4. The van der Waals surface area contributed by atoms with E-state index in [-0.39, 0.29) is 29.1 Å². The molecule has 1 unspecified atom stereocenters. The molecule has 0 radical (unpaired) electrons. The van der Waals surface area contributed by atoms with Gasteiger partial charge in [-0.2, -0.15) is 0 Å². The summed E-state index contributed by atoms with van der Waals surface area (Å²) in [6.07, 6.45) is 9.19. The lowest BCUT2D eigenvalue weighted by Gasteiger charge is -2.36. The number of carbonyl (C=O) groups is 1. The van der Waals surface area contributed by atoms with Crippen LogP contribution in [0.4, 0.5) is 5.69 Å². The lowest BCUT2D eigenvalue weighted by atomic mass is 9.84. The number of ether oxygens (including phenoxy) is 2. The Balaban J connectivity index is 1.52. The summed E-state index contributed by atoms with van der Waals surface area (Å²) in [6.45, 7) is 18.7. The molecule has 226 valence electrons. The maximum absolute atomic E-state index is 13.7. The first-order valence-corrected chi connectivity index (χ1v) is 18.6. The molecule has 1 aliphatic carbocycles. The van der Waals surface area contributed by atoms with E-state index in [0.29, 0.717) is 13.0 Å². The molecule has 41 heavy (non-hydrogen) atoms. The standard InChI is InChI=1S/C35H53NO4Si/c1-34(2,3)29-20-19-26(23-40-41(7,8)35(4,5)6)21-30(29)36-32(37)22-27(16-11-15-25-13-9-10-14-25)28-17-12-18-31-33(28)39-24-38-31/h12,17-21,25,27H,9-11,13-16,22-24H2,1-8H3,(H,36,37). The maximum atomic E-state index is 13.7. The minimum absolute atomic E-state index is 0.0420. The first-order valence-electron chi connectivity index (χ1n) is 15.7. The van der Waals surface area contributed by atoms with Crippen LogP contribution in [0.5, 0.6) is 11.5 Å². The molecule has 5 nitrogen and oxygen atoms in total. The topological polar surface area (TPSA) is 56.8 Å². The predicted octanol–water partition coefficient (Wildman–Crippen LogP) is 9.71. The van der Waals surface area contributed by atoms with Crippen LogP contribution in [-0.2, 0) is 21.2 Å². The molecule has 2 aromatic carbocycles. The highest BCUT2D eigenvalue weighted by molar-refractivity contribution is 6.74. The Morgan fingerprint density at radius 2 is 1.78 bits per heavy atom. The summed E-state index contributed by atoms with van der Waals surface area (Å²) < 4.78 is 18.1. The number of rotatable bonds is 11. The summed E-state index contributed by atoms with van der Waals surface area (Å²) in [4.78, 5) is 13.7. The van der Waals surface area contributed by atoms with Crippen molar-refractivity contribution < 1.29 is 18.7 Å². The zero-order chi connectivity index (χ0) is 29.8. The van der Waals surface area contributed by atoms with Gasteiger partial charge in [-0.3, -0.25) is 4.79 Å². The van der Waals surface area contributed by atoms with Crippen molar-refractivity contribution in [3.63, 3.8) is 0 Å². The Bertz CT molecular complexity index is 1190. The van der Waals surface area contributed by atoms with E-state index >= 15 is 0 Å². The maximum Gasteiger partial charge on any atom is 0.231 e. The highest BCUT2D eigenvalue weighted by Gasteiger charge is 2.37. The van der Waals surface area contributed by atoms with Crippen molar-refractivity contribution in [2.45, 2.75) is 129 Å². The Labute approximate surface area is 249 Å². The summed E-state index contributed by atoms with van der Waals surface area (Å²) in [7, 11) is -1.89. The number of para-hydroxylation sites is 1. The first kappa shape index (κ1) is 31.6. The summed E-state index contributed by atoms with van der Waals surface area (Å²) in [6, 6.07) is 12.5. The van der Waals surface area contributed by atoms with E-state index in [0.717, 1.165) is 52.6 Å². The number of amides is 1. The van der Waals surface area contributed by atoms with Crippen LogP contribution in [0.1, 0.15) is 116 Å². The normalized spacial score (nSPS) is 16.7. The quantitative estimate of drug-likeness (QED) is 0.269. The highest BCUT2D eigenvalue weighted by Crippen LogP contribution is 2.43. The monoisotopic (exact) mass is 579 g/mol. The van der Waals surface area contributed by atoms with E-state index in [1.54, 1.807) is 0 Å². The first-order chi connectivity index (χ1) is 19.2. The summed E-state index contributed by atoms with van der Waals surface area (Å²) >= 11 is 0. The fourth-order valence-electron chi connectivity index (χ4n) is 5.94. The molecule has 1 heterocycles. The van der Waals surface area contributed by atoms with Crippen LogP contribution in [0.15, 0.2) is 36.4 Å². The van der Waals surface area contributed by atoms with Crippen molar-refractivity contribution in [1.29, 1.82) is 0 Å². The number of anilines is 1. The summed E-state index contributed by atoms with van der Waals surface area (Å²) in [5.74, 6) is 2.56. The van der Waals surface area contributed by atoms with Gasteiger partial charge in [0.1, 0.15) is 0 Å². The number of nitrogens with one attached hydrogen (secondary N) is 1. The molecule has 1 saturated carbocycles. The van der Waals surface area contributed by atoms with Gasteiger partial charge in [-0.15, -0.1) is 0 Å². The molecule has 1 atom stereocenters. The van der Waals surface area contributed by atoms with Crippen LogP contribution in [0.3, 0.4) is 0 Å². The molecular weight excluding hydrogens is 526 g/mol. The molecule has 2 aromatic rings. The zero-order valence-electron chi connectivity index (χ0n) is 26.8. The van der Waals surface area contributed by atoms with Crippen molar-refractivity contribution >= 4 is 19.9 Å². The van der Waals surface area contributed by atoms with E-state index < -0.39 is 8.32 Å². The van der Waals surface area contributed by atoms with Gasteiger partial charge in [-0.1, -0.05) is 104 Å². The third-order valence-corrected chi connectivity index (χ3v) is 14.0. The van der Waals surface area contributed by atoms with Crippen molar-refractivity contribution in [1.82, 2.24) is 0 Å². The van der Waals surface area contributed by atoms with Gasteiger partial charge in [0, 0.05) is 17.7 Å². The van der Waals surface area contributed by atoms with Gasteiger partial charge in [0.05, 0.1) is 6.61 Å². The molecule has 1 amide bonds. The molecule has 0 aromatic heterocycles. The van der Waals surface area contributed by atoms with Crippen LogP contribution in [0, 0.1) is 5.92 Å². The fourth-order valence-corrected chi connectivity index (χ4v) is 6.90. The van der Waals surface area contributed by atoms with Gasteiger partial charge < -0.3 is 19.2 Å². The van der Waals surface area contributed by atoms with Gasteiger partial charge in [-0.25, -0.2) is 0 Å². The summed E-state index contributed by atoms with van der Waals surface area (Å²) in [5, 5.41) is 3.48. The molecular formula is C35H53NO4Si. The van der Waals surface area contributed by atoms with Gasteiger partial charge >= 0.3 is 0 Å². The fraction of sp³-hybridized carbons (Fsp3) is 0.629. The van der Waals surface area contributed by atoms with Crippen LogP contribution in [-0.4, -0.2) is 21.0 Å². The second-order valence-electron chi connectivity index (χ2n) is 14.8. The zero-order valence-corrected chi connectivity index (χ0v) is 27.8. The van der Waals surface area contributed by atoms with E-state index in [4.69, 9.17) is 13.9 Å². The van der Waals surface area contributed by atoms with Gasteiger partial charge in [0.15, 0.2) is 19.8 Å². The molecule has 6 heteroatoms. The average Bonchev–Trinajstić information content (AvgIpc) is 3.58. The van der Waals surface area contributed by atoms with Gasteiger partial charge in [0.2, 0.25) is 12.7 Å². The van der Waals surface area contributed by atoms with Crippen LogP contribution < -0.4 is 14.8 Å². The second-order valence-corrected chi connectivity index (χ2v) is 19.6. The third-order valence-electron chi connectivity index (χ3n) is 9.51. The predicted molar refractivity (Wildman–Crippen MR) is 171 cm³/mol. The molecule has 0 bridgehead atoms. The van der Waals surface area contributed by atoms with Crippen LogP contribution in [0.2, 0.25) is 18.1 Å². The molecule has 0 saturated heterocycles. The molecule has 2 aliphatic rings. The van der Waals surface area contributed by atoms with E-state index in [1.165, 1.54) is 32.1 Å². The lowest BCUT2D eigenvalue weighted by molar-refractivity contribution is -0.116. The van der Waals surface area contributed by atoms with Gasteiger partial charge in [-0.05, 0) is 65.1 Å². The Morgan fingerprint density at radius 3 is 2.46 bits per heavy atom. The summed E-state index contributed by atoms with van der Waals surface area (Å²) in [5.41, 5.74) is 4.11. The van der Waals surface area contributed by atoms with Crippen molar-refractivity contribution in [3.05, 3.63) is 53.1 Å². The molecule has 1 N–H and O–H groups in total. The largest absolute Gasteiger partial charge is 0.454 e. The van der Waals surface area contributed by atoms with Crippen molar-refractivity contribution in [3.8, 4) is 11.5 Å². The van der Waals surface area contributed by atoms with Gasteiger partial charge in [0.25, 0.3) is 0 Å². The third kappa shape index (κ3) is 8.16. The number of fused-ring (bicyclic) bond motifs is 1. The van der Waals surface area contributed by atoms with Crippen molar-refractivity contribution in [2.75, 3.05) is 12.1 Å².